The minimum atomic E-state index is -0.930. The number of nitro groups is 1. The first-order chi connectivity index (χ1) is 8.49. The van der Waals surface area contributed by atoms with Crippen LogP contribution in [-0.2, 0) is 0 Å². The maximum atomic E-state index is 13.1. The van der Waals surface area contributed by atoms with Gasteiger partial charge in [-0.2, -0.15) is 4.39 Å². The van der Waals surface area contributed by atoms with Crippen LogP contribution in [0.2, 0.25) is 0 Å². The Morgan fingerprint density at radius 1 is 1.44 bits per heavy atom. The quantitative estimate of drug-likeness (QED) is 0.663. The van der Waals surface area contributed by atoms with Crippen molar-refractivity contribution in [3.8, 4) is 0 Å². The molecule has 0 aliphatic carbocycles. The molecule has 98 valence electrons. The summed E-state index contributed by atoms with van der Waals surface area (Å²) in [6.45, 7) is 4.67. The number of benzene rings is 1. The lowest BCUT2D eigenvalue weighted by Crippen LogP contribution is -2.34. The molecule has 0 aliphatic rings. The lowest BCUT2D eigenvalue weighted by molar-refractivity contribution is -0.387. The summed E-state index contributed by atoms with van der Waals surface area (Å²) in [6.07, 6.45) is 0. The second-order valence-corrected chi connectivity index (χ2v) is 3.53. The predicted octanol–water partition coefficient (Wildman–Crippen LogP) is 2.61. The molecule has 0 radical (unpaired) electrons. The van der Waals surface area contributed by atoms with Crippen molar-refractivity contribution in [1.29, 1.82) is 0 Å². The minimum Gasteiger partial charge on any atom is -0.325 e. The maximum absolute atomic E-state index is 13.1. The van der Waals surface area contributed by atoms with Crippen LogP contribution in [0.5, 0.6) is 0 Å². The van der Waals surface area contributed by atoms with Crippen molar-refractivity contribution in [2.75, 3.05) is 18.4 Å². The number of urea groups is 1. The Balaban J connectivity index is 2.89. The van der Waals surface area contributed by atoms with Crippen LogP contribution in [0.15, 0.2) is 18.2 Å². The molecule has 6 nitrogen and oxygen atoms in total. The Kier molecular flexibility index (Phi) is 4.59. The Hall–Kier alpha value is -2.18. The summed E-state index contributed by atoms with van der Waals surface area (Å²) in [7, 11) is 0. The van der Waals surface area contributed by atoms with Crippen molar-refractivity contribution in [3.05, 3.63) is 34.1 Å². The molecular weight excluding hydrogens is 241 g/mol. The summed E-state index contributed by atoms with van der Waals surface area (Å²) in [6, 6.07) is 2.86. The Morgan fingerprint density at radius 2 is 2.06 bits per heavy atom. The second-order valence-electron chi connectivity index (χ2n) is 3.53. The SMILES string of the molecule is CCN(CC)C(=O)Nc1ccc(F)c([N+](=O)[O-])c1. The highest BCUT2D eigenvalue weighted by molar-refractivity contribution is 5.89. The third kappa shape index (κ3) is 3.16. The van der Waals surface area contributed by atoms with Crippen LogP contribution in [0, 0.1) is 15.9 Å². The van der Waals surface area contributed by atoms with Crippen molar-refractivity contribution >= 4 is 17.4 Å². The highest BCUT2D eigenvalue weighted by Crippen LogP contribution is 2.21. The summed E-state index contributed by atoms with van der Waals surface area (Å²) in [4.78, 5) is 22.9. The van der Waals surface area contributed by atoms with Crippen LogP contribution < -0.4 is 5.32 Å². The largest absolute Gasteiger partial charge is 0.325 e. The molecule has 0 atom stereocenters. The highest BCUT2D eigenvalue weighted by atomic mass is 19.1. The first kappa shape index (κ1) is 13.9. The number of hydrogen-bond acceptors (Lipinski definition) is 3. The number of carbonyl (C=O) groups is 1. The molecule has 0 saturated carbocycles. The van der Waals surface area contributed by atoms with Crippen molar-refractivity contribution in [3.63, 3.8) is 0 Å². The van der Waals surface area contributed by atoms with E-state index >= 15 is 0 Å². The van der Waals surface area contributed by atoms with Crippen molar-refractivity contribution in [2.24, 2.45) is 0 Å². The van der Waals surface area contributed by atoms with Crippen LogP contribution in [0.25, 0.3) is 0 Å². The zero-order valence-corrected chi connectivity index (χ0v) is 10.1. The van der Waals surface area contributed by atoms with E-state index in [-0.39, 0.29) is 11.7 Å². The van der Waals surface area contributed by atoms with Crippen LogP contribution in [0.4, 0.5) is 20.6 Å². The zero-order valence-electron chi connectivity index (χ0n) is 10.1. The fourth-order valence-corrected chi connectivity index (χ4v) is 1.44. The van der Waals surface area contributed by atoms with Gasteiger partial charge in [-0.3, -0.25) is 10.1 Å². The second kappa shape index (κ2) is 5.95. The number of nitro benzene ring substituents is 1. The van der Waals surface area contributed by atoms with Gasteiger partial charge in [-0.15, -0.1) is 0 Å². The molecule has 0 heterocycles. The third-order valence-corrected chi connectivity index (χ3v) is 2.44. The third-order valence-electron chi connectivity index (χ3n) is 2.44. The van der Waals surface area contributed by atoms with E-state index in [9.17, 15) is 19.3 Å². The molecule has 2 amide bonds. The average molecular weight is 255 g/mol. The molecule has 1 N–H and O–H groups in total. The van der Waals surface area contributed by atoms with E-state index in [1.165, 1.54) is 11.0 Å². The number of hydrogen-bond donors (Lipinski definition) is 1. The van der Waals surface area contributed by atoms with Gasteiger partial charge in [0.2, 0.25) is 5.82 Å². The van der Waals surface area contributed by atoms with Crippen LogP contribution in [-0.4, -0.2) is 28.9 Å². The van der Waals surface area contributed by atoms with E-state index in [1.54, 1.807) is 0 Å². The number of halogens is 1. The van der Waals surface area contributed by atoms with E-state index in [0.29, 0.717) is 13.1 Å². The van der Waals surface area contributed by atoms with Crippen LogP contribution >= 0.6 is 0 Å². The summed E-state index contributed by atoms with van der Waals surface area (Å²) >= 11 is 0. The maximum Gasteiger partial charge on any atom is 0.321 e. The van der Waals surface area contributed by atoms with Gasteiger partial charge in [0.1, 0.15) is 0 Å². The molecular formula is C11H14FN3O3. The smallest absolute Gasteiger partial charge is 0.321 e. The lowest BCUT2D eigenvalue weighted by Gasteiger charge is -2.19. The molecule has 1 aromatic rings. The fraction of sp³-hybridized carbons (Fsp3) is 0.364. The van der Waals surface area contributed by atoms with Gasteiger partial charge >= 0.3 is 11.7 Å². The molecule has 0 spiro atoms. The summed E-state index contributed by atoms with van der Waals surface area (Å²) in [5.41, 5.74) is -0.465. The van der Waals surface area contributed by atoms with E-state index in [2.05, 4.69) is 5.32 Å². The number of amides is 2. The summed E-state index contributed by atoms with van der Waals surface area (Å²) < 4.78 is 13.1. The average Bonchev–Trinajstić information content (AvgIpc) is 2.32. The first-order valence-corrected chi connectivity index (χ1v) is 5.49. The highest BCUT2D eigenvalue weighted by Gasteiger charge is 2.16. The lowest BCUT2D eigenvalue weighted by atomic mass is 10.2. The fourth-order valence-electron chi connectivity index (χ4n) is 1.44. The van der Waals surface area contributed by atoms with Gasteiger partial charge in [0.05, 0.1) is 4.92 Å². The number of carbonyl (C=O) groups excluding carboxylic acids is 1. The van der Waals surface area contributed by atoms with Gasteiger partial charge in [-0.05, 0) is 26.0 Å². The van der Waals surface area contributed by atoms with Crippen molar-refractivity contribution in [2.45, 2.75) is 13.8 Å². The van der Waals surface area contributed by atoms with Gasteiger partial charge in [0.15, 0.2) is 0 Å². The first-order valence-electron chi connectivity index (χ1n) is 5.49. The van der Waals surface area contributed by atoms with Crippen molar-refractivity contribution < 1.29 is 14.1 Å². The van der Waals surface area contributed by atoms with E-state index in [0.717, 1.165) is 12.1 Å². The summed E-state index contributed by atoms with van der Waals surface area (Å²) in [5.74, 6) is -0.930. The van der Waals surface area contributed by atoms with E-state index < -0.39 is 16.4 Å². The normalized spacial score (nSPS) is 9.94. The molecule has 0 aromatic heterocycles. The molecule has 0 fully saturated rings. The van der Waals surface area contributed by atoms with Gasteiger partial charge < -0.3 is 10.2 Å². The number of anilines is 1. The van der Waals surface area contributed by atoms with Crippen LogP contribution in [0.1, 0.15) is 13.8 Å². The minimum absolute atomic E-state index is 0.194. The van der Waals surface area contributed by atoms with Crippen molar-refractivity contribution in [1.82, 2.24) is 4.90 Å². The summed E-state index contributed by atoms with van der Waals surface area (Å²) in [5, 5.41) is 13.0. The standard InChI is InChI=1S/C11H14FN3O3/c1-3-14(4-2)11(16)13-8-5-6-9(12)10(7-8)15(17)18/h5-7H,3-4H2,1-2H3,(H,13,16). The number of rotatable bonds is 4. The molecule has 0 bridgehead atoms. The molecule has 1 rings (SSSR count). The van der Waals surface area contributed by atoms with Gasteiger partial charge in [0, 0.05) is 24.8 Å². The predicted molar refractivity (Wildman–Crippen MR) is 65.0 cm³/mol. The Labute approximate surface area is 104 Å². The number of nitrogens with zero attached hydrogens (tertiary/aromatic N) is 2. The molecule has 1 aromatic carbocycles. The zero-order chi connectivity index (χ0) is 13.7. The Morgan fingerprint density at radius 3 is 2.56 bits per heavy atom. The van der Waals surface area contributed by atoms with Gasteiger partial charge in [-0.25, -0.2) is 4.79 Å². The molecule has 0 saturated heterocycles. The molecule has 0 unspecified atom stereocenters. The Bertz CT molecular complexity index is 461. The van der Waals surface area contributed by atoms with Crippen LogP contribution in [0.3, 0.4) is 0 Å². The topological polar surface area (TPSA) is 75.5 Å². The van der Waals surface area contributed by atoms with Gasteiger partial charge in [-0.1, -0.05) is 0 Å². The van der Waals surface area contributed by atoms with E-state index in [4.69, 9.17) is 0 Å². The van der Waals surface area contributed by atoms with E-state index in [1.807, 2.05) is 13.8 Å². The monoisotopic (exact) mass is 255 g/mol. The molecule has 18 heavy (non-hydrogen) atoms. The molecule has 0 aliphatic heterocycles. The number of nitrogens with one attached hydrogen (secondary N) is 1. The van der Waals surface area contributed by atoms with Gasteiger partial charge in [0.25, 0.3) is 0 Å². The molecule has 7 heteroatoms.